The van der Waals surface area contributed by atoms with Gasteiger partial charge in [-0.2, -0.15) is 0 Å². The van der Waals surface area contributed by atoms with Gasteiger partial charge in [-0.1, -0.05) is 30.3 Å². The predicted molar refractivity (Wildman–Crippen MR) is 91.8 cm³/mol. The van der Waals surface area contributed by atoms with E-state index in [1.54, 1.807) is 36.4 Å². The molecule has 0 atom stereocenters. The summed E-state index contributed by atoms with van der Waals surface area (Å²) in [6.45, 7) is 0.474. The highest BCUT2D eigenvalue weighted by Gasteiger charge is 2.16. The van der Waals surface area contributed by atoms with Gasteiger partial charge in [-0.05, 0) is 42.3 Å². The zero-order valence-corrected chi connectivity index (χ0v) is 13.6. The summed E-state index contributed by atoms with van der Waals surface area (Å²) >= 11 is 0. The fourth-order valence-electron chi connectivity index (χ4n) is 2.46. The van der Waals surface area contributed by atoms with Gasteiger partial charge >= 0.3 is 11.9 Å². The van der Waals surface area contributed by atoms with Gasteiger partial charge in [-0.3, -0.25) is 4.79 Å². The first-order valence-electron chi connectivity index (χ1n) is 8.06. The minimum Gasteiger partial charge on any atom is -0.489 e. The lowest BCUT2D eigenvalue weighted by Gasteiger charge is -2.10. The number of esters is 2. The molecule has 0 bridgehead atoms. The monoisotopic (exact) mass is 338 g/mol. The Morgan fingerprint density at radius 1 is 0.720 bits per heavy atom. The van der Waals surface area contributed by atoms with Crippen molar-refractivity contribution in [1.82, 2.24) is 0 Å². The average Bonchev–Trinajstić information content (AvgIpc) is 2.63. The number of hydrogen-bond acceptors (Lipinski definition) is 5. The first-order valence-corrected chi connectivity index (χ1v) is 8.06. The SMILES string of the molecule is O=C1CCc2ccccc2OC/C=C/COC(=O)c2ccccc2O1. The van der Waals surface area contributed by atoms with E-state index in [2.05, 4.69) is 0 Å². The molecule has 0 spiro atoms. The van der Waals surface area contributed by atoms with Crippen LogP contribution in [0.25, 0.3) is 0 Å². The van der Waals surface area contributed by atoms with Gasteiger partial charge < -0.3 is 14.2 Å². The van der Waals surface area contributed by atoms with Gasteiger partial charge in [0.15, 0.2) is 0 Å². The molecule has 2 aromatic rings. The summed E-state index contributed by atoms with van der Waals surface area (Å²) in [7, 11) is 0. The smallest absolute Gasteiger partial charge is 0.342 e. The zero-order valence-electron chi connectivity index (χ0n) is 13.6. The van der Waals surface area contributed by atoms with Crippen LogP contribution in [0, 0.1) is 0 Å². The number of para-hydroxylation sites is 2. The van der Waals surface area contributed by atoms with Crippen LogP contribution in [0.1, 0.15) is 22.3 Å². The van der Waals surface area contributed by atoms with Crippen LogP contribution in [0.2, 0.25) is 0 Å². The van der Waals surface area contributed by atoms with Crippen LogP contribution in [0.4, 0.5) is 0 Å². The highest BCUT2D eigenvalue weighted by atomic mass is 16.5. The lowest BCUT2D eigenvalue weighted by Crippen LogP contribution is -2.13. The quantitative estimate of drug-likeness (QED) is 0.419. The Balaban J connectivity index is 1.84. The molecule has 0 amide bonds. The number of rotatable bonds is 0. The Morgan fingerprint density at radius 3 is 2.24 bits per heavy atom. The van der Waals surface area contributed by atoms with E-state index < -0.39 is 11.9 Å². The molecular weight excluding hydrogens is 320 g/mol. The molecule has 0 saturated heterocycles. The summed E-state index contributed by atoms with van der Waals surface area (Å²) in [6, 6.07) is 14.1. The van der Waals surface area contributed by atoms with Gasteiger partial charge in [0, 0.05) is 0 Å². The molecule has 0 unspecified atom stereocenters. The van der Waals surface area contributed by atoms with Gasteiger partial charge in [-0.25, -0.2) is 4.79 Å². The summed E-state index contributed by atoms with van der Waals surface area (Å²) in [6.07, 6.45) is 4.18. The number of carbonyl (C=O) groups excluding carboxylic acids is 2. The molecule has 1 aliphatic heterocycles. The van der Waals surface area contributed by atoms with Crippen molar-refractivity contribution in [3.63, 3.8) is 0 Å². The van der Waals surface area contributed by atoms with Crippen LogP contribution in [-0.2, 0) is 16.0 Å². The van der Waals surface area contributed by atoms with E-state index in [0.29, 0.717) is 13.0 Å². The van der Waals surface area contributed by atoms with Crippen molar-refractivity contribution in [3.05, 3.63) is 71.8 Å². The topological polar surface area (TPSA) is 61.8 Å². The van der Waals surface area contributed by atoms with E-state index in [1.807, 2.05) is 24.3 Å². The molecule has 0 N–H and O–H groups in total. The van der Waals surface area contributed by atoms with Gasteiger partial charge in [-0.15, -0.1) is 0 Å². The highest BCUT2D eigenvalue weighted by molar-refractivity contribution is 5.93. The van der Waals surface area contributed by atoms with Gasteiger partial charge in [0.1, 0.15) is 30.3 Å². The summed E-state index contributed by atoms with van der Waals surface area (Å²) in [5.74, 6) is -0.0109. The second-order valence-electron chi connectivity index (χ2n) is 5.46. The Morgan fingerprint density at radius 2 is 1.40 bits per heavy atom. The lowest BCUT2D eigenvalue weighted by atomic mass is 10.1. The third-order valence-electron chi connectivity index (χ3n) is 3.71. The Hall–Kier alpha value is -3.08. The predicted octanol–water partition coefficient (Wildman–Crippen LogP) is 3.33. The third-order valence-corrected chi connectivity index (χ3v) is 3.71. The molecule has 0 radical (unpaired) electrons. The number of aryl methyl sites for hydroxylation is 1. The van der Waals surface area contributed by atoms with Crippen molar-refractivity contribution >= 4 is 11.9 Å². The maximum Gasteiger partial charge on any atom is 0.342 e. The number of cyclic esters (lactones) is 1. The molecular formula is C20H18O5. The van der Waals surface area contributed by atoms with E-state index in [4.69, 9.17) is 14.2 Å². The molecule has 5 nitrogen and oxygen atoms in total. The van der Waals surface area contributed by atoms with Crippen LogP contribution in [0.3, 0.4) is 0 Å². The van der Waals surface area contributed by atoms with Crippen LogP contribution in [0.15, 0.2) is 60.7 Å². The van der Waals surface area contributed by atoms with Gasteiger partial charge in [0.25, 0.3) is 0 Å². The lowest BCUT2D eigenvalue weighted by molar-refractivity contribution is -0.134. The summed E-state index contributed by atoms with van der Waals surface area (Å²) < 4.78 is 16.2. The number of benzene rings is 2. The molecule has 1 heterocycles. The van der Waals surface area contributed by atoms with E-state index in [-0.39, 0.29) is 24.3 Å². The first-order chi connectivity index (χ1) is 12.2. The largest absolute Gasteiger partial charge is 0.489 e. The second kappa shape index (κ2) is 8.15. The van der Waals surface area contributed by atoms with E-state index in [0.717, 1.165) is 11.3 Å². The molecule has 2 aromatic carbocycles. The molecule has 25 heavy (non-hydrogen) atoms. The maximum absolute atomic E-state index is 12.2. The standard InChI is InChI=1S/C20H18O5/c21-19-12-11-15-7-1-3-9-17(15)23-13-5-6-14-24-20(22)16-8-2-4-10-18(16)25-19/h1-10H,11-14H2/b6-5+. The van der Waals surface area contributed by atoms with E-state index in [9.17, 15) is 9.59 Å². The zero-order chi connectivity index (χ0) is 17.5. The molecule has 128 valence electrons. The number of fused-ring (bicyclic) bond motifs is 2. The molecule has 0 saturated carbocycles. The van der Waals surface area contributed by atoms with Crippen LogP contribution in [0.5, 0.6) is 11.5 Å². The molecule has 1 aliphatic rings. The normalized spacial score (nSPS) is 16.8. The van der Waals surface area contributed by atoms with Gasteiger partial charge in [0.2, 0.25) is 0 Å². The minimum atomic E-state index is -0.535. The summed E-state index contributed by atoms with van der Waals surface area (Å²) in [5.41, 5.74) is 1.17. The van der Waals surface area contributed by atoms with Crippen LogP contribution >= 0.6 is 0 Å². The van der Waals surface area contributed by atoms with E-state index in [1.165, 1.54) is 0 Å². The first kappa shape index (κ1) is 16.8. The Labute approximate surface area is 145 Å². The fraction of sp³-hybridized carbons (Fsp3) is 0.200. The van der Waals surface area contributed by atoms with Crippen molar-refractivity contribution < 1.29 is 23.8 Å². The van der Waals surface area contributed by atoms with Crippen molar-refractivity contribution in [2.75, 3.05) is 13.2 Å². The van der Waals surface area contributed by atoms with Crippen molar-refractivity contribution in [3.8, 4) is 11.5 Å². The minimum absolute atomic E-state index is 0.117. The fourth-order valence-corrected chi connectivity index (χ4v) is 2.46. The second-order valence-corrected chi connectivity index (χ2v) is 5.46. The third kappa shape index (κ3) is 4.47. The Kier molecular flexibility index (Phi) is 5.46. The molecule has 0 fully saturated rings. The Bertz CT molecular complexity index is 794. The summed E-state index contributed by atoms with van der Waals surface area (Å²) in [4.78, 5) is 24.3. The van der Waals surface area contributed by atoms with Crippen molar-refractivity contribution in [2.24, 2.45) is 0 Å². The number of ether oxygens (including phenoxy) is 3. The molecule has 0 aromatic heterocycles. The molecule has 0 aliphatic carbocycles. The van der Waals surface area contributed by atoms with Crippen LogP contribution < -0.4 is 9.47 Å². The van der Waals surface area contributed by atoms with Crippen molar-refractivity contribution in [2.45, 2.75) is 12.8 Å². The number of hydrogen-bond donors (Lipinski definition) is 0. The van der Waals surface area contributed by atoms with E-state index >= 15 is 0 Å². The van der Waals surface area contributed by atoms with Crippen LogP contribution in [-0.4, -0.2) is 25.2 Å². The van der Waals surface area contributed by atoms with Crippen molar-refractivity contribution in [1.29, 1.82) is 0 Å². The maximum atomic E-state index is 12.2. The average molecular weight is 338 g/mol. The number of carbonyl (C=O) groups is 2. The summed E-state index contributed by atoms with van der Waals surface area (Å²) in [5, 5.41) is 0. The molecule has 5 heteroatoms. The van der Waals surface area contributed by atoms with Gasteiger partial charge in [0.05, 0.1) is 6.42 Å². The highest BCUT2D eigenvalue weighted by Crippen LogP contribution is 2.22. The molecule has 3 rings (SSSR count).